The Morgan fingerprint density at radius 1 is 0.844 bits per heavy atom. The second-order valence-corrected chi connectivity index (χ2v) is 13.4. The van der Waals surface area contributed by atoms with Crippen molar-refractivity contribution in [1.29, 1.82) is 0 Å². The number of amides is 3. The minimum Gasteiger partial charge on any atom is -0.355 e. The first-order chi connectivity index (χ1) is 21.8. The zero-order chi connectivity index (χ0) is 31.5. The predicted octanol–water partition coefficient (Wildman–Crippen LogP) is 5.97. The Morgan fingerprint density at radius 3 is 2.24 bits per heavy atom. The standard InChI is InChI=1S/C36H40Cl2N4O3/c1-40-19-21-41(22-20-40)35(44)25-11-14-27(15-12-25)42-33(30-16-13-26(37)23-31(30)38)32(28-9-5-6-10-29(28)36(42)45)34(43)39-18-17-24-7-3-2-4-8-24/h2-10,13,16,23,25,27,32-33H,11-12,14-15,17-22H2,1H3,(H,39,43). The van der Waals surface area contributed by atoms with Crippen molar-refractivity contribution in [1.82, 2.24) is 20.0 Å². The van der Waals surface area contributed by atoms with E-state index in [-0.39, 0.29) is 29.7 Å². The van der Waals surface area contributed by atoms with Crippen molar-refractivity contribution < 1.29 is 14.4 Å². The largest absolute Gasteiger partial charge is 0.355 e. The van der Waals surface area contributed by atoms with Crippen molar-refractivity contribution in [2.75, 3.05) is 39.8 Å². The molecule has 2 atom stereocenters. The van der Waals surface area contributed by atoms with Crippen molar-refractivity contribution in [2.45, 2.75) is 50.1 Å². The number of benzene rings is 3. The minimum atomic E-state index is -0.668. The zero-order valence-electron chi connectivity index (χ0n) is 25.6. The van der Waals surface area contributed by atoms with Gasteiger partial charge in [0.15, 0.2) is 0 Å². The lowest BCUT2D eigenvalue weighted by Crippen LogP contribution is -2.53. The molecule has 2 unspecified atom stereocenters. The predicted molar refractivity (Wildman–Crippen MR) is 178 cm³/mol. The van der Waals surface area contributed by atoms with Crippen molar-refractivity contribution in [3.05, 3.63) is 105 Å². The Hall–Kier alpha value is -3.39. The highest BCUT2D eigenvalue weighted by molar-refractivity contribution is 6.35. The fourth-order valence-corrected chi connectivity index (χ4v) is 7.80. The molecule has 0 aromatic heterocycles. The van der Waals surface area contributed by atoms with Gasteiger partial charge in [0.25, 0.3) is 5.91 Å². The van der Waals surface area contributed by atoms with E-state index in [1.807, 2.05) is 70.5 Å². The fraction of sp³-hybridized carbons (Fsp3) is 0.417. The molecule has 0 spiro atoms. The summed E-state index contributed by atoms with van der Waals surface area (Å²) in [6.07, 6.45) is 3.47. The molecule has 0 bridgehead atoms. The Balaban J connectivity index is 1.29. The van der Waals surface area contributed by atoms with Gasteiger partial charge in [-0.05, 0) is 74.0 Å². The summed E-state index contributed by atoms with van der Waals surface area (Å²) in [6, 6.07) is 22.0. The average Bonchev–Trinajstić information content (AvgIpc) is 3.05. The molecule has 3 aromatic rings. The van der Waals surface area contributed by atoms with Gasteiger partial charge in [-0.1, -0.05) is 77.8 Å². The van der Waals surface area contributed by atoms with Gasteiger partial charge < -0.3 is 20.0 Å². The van der Waals surface area contributed by atoms with Gasteiger partial charge in [-0.25, -0.2) is 0 Å². The molecule has 236 valence electrons. The molecule has 2 fully saturated rings. The maximum absolute atomic E-state index is 14.4. The van der Waals surface area contributed by atoms with Crippen molar-refractivity contribution in [3.63, 3.8) is 0 Å². The van der Waals surface area contributed by atoms with Gasteiger partial charge in [0, 0.05) is 60.3 Å². The maximum Gasteiger partial charge on any atom is 0.254 e. The second kappa shape index (κ2) is 13.9. The SMILES string of the molecule is CN1CCN(C(=O)C2CCC(N3C(=O)c4ccccc4C(C(=O)NCCc4ccccc4)C3c3ccc(Cl)cc3Cl)CC2)CC1. The number of carbonyl (C=O) groups excluding carboxylic acids is 3. The van der Waals surface area contributed by atoms with Crippen LogP contribution in [0.1, 0.15) is 64.7 Å². The summed E-state index contributed by atoms with van der Waals surface area (Å²) in [6.45, 7) is 3.77. The van der Waals surface area contributed by atoms with E-state index < -0.39 is 12.0 Å². The summed E-state index contributed by atoms with van der Waals surface area (Å²) >= 11 is 13.2. The van der Waals surface area contributed by atoms with Gasteiger partial charge in [0.2, 0.25) is 11.8 Å². The van der Waals surface area contributed by atoms with E-state index in [9.17, 15) is 14.4 Å². The number of likely N-dealkylation sites (N-methyl/N-ethyl adjacent to an activating group) is 1. The topological polar surface area (TPSA) is 73.0 Å². The van der Waals surface area contributed by atoms with E-state index in [1.165, 1.54) is 0 Å². The molecule has 0 radical (unpaired) electrons. The molecule has 6 rings (SSSR count). The monoisotopic (exact) mass is 646 g/mol. The molecule has 45 heavy (non-hydrogen) atoms. The number of hydrogen-bond donors (Lipinski definition) is 1. The number of rotatable bonds is 7. The number of carbonyl (C=O) groups is 3. The summed E-state index contributed by atoms with van der Waals surface area (Å²) in [4.78, 5) is 48.2. The molecule has 1 saturated heterocycles. The molecular formula is C36H40Cl2N4O3. The molecule has 1 N–H and O–H groups in total. The van der Waals surface area contributed by atoms with Gasteiger partial charge in [-0.3, -0.25) is 14.4 Å². The van der Waals surface area contributed by atoms with Gasteiger partial charge in [-0.15, -0.1) is 0 Å². The van der Waals surface area contributed by atoms with Crippen LogP contribution in [0, 0.1) is 5.92 Å². The number of nitrogens with one attached hydrogen (secondary N) is 1. The summed E-state index contributed by atoms with van der Waals surface area (Å²) in [5, 5.41) is 4.08. The number of fused-ring (bicyclic) bond motifs is 1. The first-order valence-electron chi connectivity index (χ1n) is 16.0. The Labute approximate surface area is 275 Å². The van der Waals surface area contributed by atoms with Crippen molar-refractivity contribution in [3.8, 4) is 0 Å². The van der Waals surface area contributed by atoms with Crippen LogP contribution in [0.3, 0.4) is 0 Å². The van der Waals surface area contributed by atoms with E-state index in [2.05, 4.69) is 17.3 Å². The van der Waals surface area contributed by atoms with Gasteiger partial charge in [0.05, 0.1) is 12.0 Å². The lowest BCUT2D eigenvalue weighted by Gasteiger charge is -2.47. The number of halogens is 2. The van der Waals surface area contributed by atoms with E-state index in [1.54, 1.807) is 12.1 Å². The van der Waals surface area contributed by atoms with Crippen LogP contribution in [0.15, 0.2) is 72.8 Å². The molecule has 3 aromatic carbocycles. The summed E-state index contributed by atoms with van der Waals surface area (Å²) in [5.41, 5.74) is 3.07. The zero-order valence-corrected chi connectivity index (χ0v) is 27.1. The third-order valence-electron chi connectivity index (χ3n) is 9.75. The number of nitrogens with zero attached hydrogens (tertiary/aromatic N) is 3. The summed E-state index contributed by atoms with van der Waals surface area (Å²) < 4.78 is 0. The maximum atomic E-state index is 14.4. The first kappa shape index (κ1) is 31.6. The van der Waals surface area contributed by atoms with Gasteiger partial charge in [-0.2, -0.15) is 0 Å². The Bertz CT molecular complexity index is 1530. The normalized spacial score (nSPS) is 23.8. The van der Waals surface area contributed by atoms with Gasteiger partial charge >= 0.3 is 0 Å². The molecular weight excluding hydrogens is 607 g/mol. The Morgan fingerprint density at radius 2 is 1.53 bits per heavy atom. The lowest BCUT2D eigenvalue weighted by molar-refractivity contribution is -0.138. The van der Waals surface area contributed by atoms with E-state index in [4.69, 9.17) is 23.2 Å². The van der Waals surface area contributed by atoms with Crippen LogP contribution in [0.2, 0.25) is 10.0 Å². The van der Waals surface area contributed by atoms with Crippen molar-refractivity contribution >= 4 is 40.9 Å². The fourth-order valence-electron chi connectivity index (χ4n) is 7.28. The van der Waals surface area contributed by atoms with Gasteiger partial charge in [0.1, 0.15) is 0 Å². The highest BCUT2D eigenvalue weighted by Gasteiger charge is 2.48. The van der Waals surface area contributed by atoms with Crippen LogP contribution in [0.4, 0.5) is 0 Å². The second-order valence-electron chi connectivity index (χ2n) is 12.5. The molecule has 3 aliphatic rings. The third kappa shape index (κ3) is 6.76. The van der Waals surface area contributed by atoms with E-state index >= 15 is 0 Å². The number of hydrogen-bond acceptors (Lipinski definition) is 4. The van der Waals surface area contributed by atoms with Crippen LogP contribution in [0.25, 0.3) is 0 Å². The molecule has 7 nitrogen and oxygen atoms in total. The minimum absolute atomic E-state index is 0.0495. The third-order valence-corrected chi connectivity index (χ3v) is 10.3. The van der Waals surface area contributed by atoms with E-state index in [0.29, 0.717) is 65.4 Å². The molecule has 9 heteroatoms. The van der Waals surface area contributed by atoms with Crippen LogP contribution >= 0.6 is 23.2 Å². The first-order valence-corrected chi connectivity index (χ1v) is 16.7. The smallest absolute Gasteiger partial charge is 0.254 e. The number of piperazine rings is 1. The average molecular weight is 648 g/mol. The molecule has 2 aliphatic heterocycles. The Kier molecular flexibility index (Phi) is 9.78. The van der Waals surface area contributed by atoms with E-state index in [0.717, 1.165) is 31.7 Å². The molecule has 1 aliphatic carbocycles. The molecule has 2 heterocycles. The van der Waals surface area contributed by atoms with Crippen LogP contribution < -0.4 is 5.32 Å². The highest BCUT2D eigenvalue weighted by Crippen LogP contribution is 2.48. The van der Waals surface area contributed by atoms with Crippen molar-refractivity contribution in [2.24, 2.45) is 5.92 Å². The summed E-state index contributed by atoms with van der Waals surface area (Å²) in [7, 11) is 2.08. The quantitative estimate of drug-likeness (QED) is 0.344. The highest BCUT2D eigenvalue weighted by atomic mass is 35.5. The summed E-state index contributed by atoms with van der Waals surface area (Å²) in [5.74, 6) is -0.746. The van der Waals surface area contributed by atoms with Crippen LogP contribution in [0.5, 0.6) is 0 Å². The van der Waals surface area contributed by atoms with Crippen LogP contribution in [-0.4, -0.2) is 78.2 Å². The van der Waals surface area contributed by atoms with Crippen LogP contribution in [-0.2, 0) is 16.0 Å². The molecule has 3 amide bonds. The molecule has 1 saturated carbocycles. The lowest BCUT2D eigenvalue weighted by atomic mass is 9.76.